The molecule has 1 unspecified atom stereocenters. The second-order valence-electron chi connectivity index (χ2n) is 9.56. The minimum Gasteiger partial charge on any atom is -0.862 e. The van der Waals surface area contributed by atoms with Crippen LogP contribution in [0.1, 0.15) is 37.7 Å². The van der Waals surface area contributed by atoms with Gasteiger partial charge in [-0.2, -0.15) is 0 Å². The third-order valence-corrected chi connectivity index (χ3v) is 7.04. The summed E-state index contributed by atoms with van der Waals surface area (Å²) in [6.07, 6.45) is 8.51. The Morgan fingerprint density at radius 2 is 1.88 bits per heavy atom. The van der Waals surface area contributed by atoms with Crippen molar-refractivity contribution in [1.82, 2.24) is 9.88 Å². The molecule has 33 heavy (non-hydrogen) atoms. The third kappa shape index (κ3) is 6.18. The van der Waals surface area contributed by atoms with Gasteiger partial charge in [0.05, 0.1) is 6.04 Å². The molecular formula is C26H32ClN4O2-. The summed E-state index contributed by atoms with van der Waals surface area (Å²) in [6.45, 7) is 4.62. The van der Waals surface area contributed by atoms with Gasteiger partial charge in [0.15, 0.2) is 0 Å². The Hall–Kier alpha value is -2.31. The number of hydrogen-bond acceptors (Lipinski definition) is 6. The van der Waals surface area contributed by atoms with E-state index in [0.717, 1.165) is 74.7 Å². The van der Waals surface area contributed by atoms with Gasteiger partial charge < -0.3 is 24.6 Å². The quantitative estimate of drug-likeness (QED) is 0.416. The Bertz CT molecular complexity index is 940. The molecule has 0 bridgehead atoms. The van der Waals surface area contributed by atoms with Crippen molar-refractivity contribution >= 4 is 23.2 Å². The summed E-state index contributed by atoms with van der Waals surface area (Å²) in [6, 6.07) is 11.8. The molecule has 6 nitrogen and oxygen atoms in total. The highest BCUT2D eigenvalue weighted by Crippen LogP contribution is 2.27. The highest BCUT2D eigenvalue weighted by molar-refractivity contribution is 6.30. The van der Waals surface area contributed by atoms with Crippen LogP contribution in [0.4, 0.5) is 5.69 Å². The van der Waals surface area contributed by atoms with Gasteiger partial charge in [0.1, 0.15) is 6.10 Å². The molecule has 7 heteroatoms. The zero-order chi connectivity index (χ0) is 22.6. The molecule has 0 radical (unpaired) electrons. The van der Waals surface area contributed by atoms with Gasteiger partial charge in [0.25, 0.3) is 0 Å². The van der Waals surface area contributed by atoms with Crippen LogP contribution in [0.15, 0.2) is 47.6 Å². The van der Waals surface area contributed by atoms with Crippen LogP contribution in [0.5, 0.6) is 5.88 Å². The molecule has 176 valence electrons. The molecule has 3 aliphatic rings. The summed E-state index contributed by atoms with van der Waals surface area (Å²) in [5.74, 6) is 0.685. The fraction of sp³-hybridized carbons (Fsp3) is 0.538. The Kier molecular flexibility index (Phi) is 7.02. The number of halogens is 1. The second-order valence-corrected chi connectivity index (χ2v) is 10.00. The van der Waals surface area contributed by atoms with Crippen molar-refractivity contribution in [2.24, 2.45) is 10.9 Å². The minimum absolute atomic E-state index is 0.0392. The normalized spacial score (nSPS) is 22.6. The van der Waals surface area contributed by atoms with Gasteiger partial charge in [0, 0.05) is 48.5 Å². The van der Waals surface area contributed by atoms with E-state index in [4.69, 9.17) is 21.3 Å². The summed E-state index contributed by atoms with van der Waals surface area (Å²) < 4.78 is 5.77. The highest BCUT2D eigenvalue weighted by atomic mass is 35.5. The van der Waals surface area contributed by atoms with Crippen LogP contribution >= 0.6 is 11.6 Å². The lowest BCUT2D eigenvalue weighted by Gasteiger charge is -2.26. The van der Waals surface area contributed by atoms with Crippen LogP contribution in [-0.4, -0.2) is 60.7 Å². The van der Waals surface area contributed by atoms with Crippen molar-refractivity contribution in [3.63, 3.8) is 0 Å². The fourth-order valence-electron chi connectivity index (χ4n) is 4.78. The van der Waals surface area contributed by atoms with E-state index in [1.54, 1.807) is 0 Å². The standard InChI is InChI=1S/C26H33ClN4O2/c27-21-4-6-23(7-5-21)31-14-11-20(17-31)26(32)29-22(18-30-12-1-2-13-30)15-19-3-10-25(28-16-19)33-24-8-9-24/h3-7,10,16,20,22,24H,1-2,8-9,11-15,17-18H2,(H,29,32)/p-1/t20-,22?/m1/s1. The predicted molar refractivity (Wildman–Crippen MR) is 130 cm³/mol. The summed E-state index contributed by atoms with van der Waals surface area (Å²) in [4.78, 5) is 13.9. The highest BCUT2D eigenvalue weighted by Gasteiger charge is 2.25. The monoisotopic (exact) mass is 467 g/mol. The Labute approximate surface area is 201 Å². The van der Waals surface area contributed by atoms with E-state index in [2.05, 4.69) is 20.9 Å². The maximum absolute atomic E-state index is 13.2. The van der Waals surface area contributed by atoms with Gasteiger partial charge in [-0.15, -0.1) is 0 Å². The number of benzene rings is 1. The first-order chi connectivity index (χ1) is 16.1. The number of rotatable bonds is 9. The Balaban J connectivity index is 1.24. The summed E-state index contributed by atoms with van der Waals surface area (Å²) in [7, 11) is 0. The topological polar surface area (TPSA) is 64.0 Å². The molecule has 0 N–H and O–H groups in total. The van der Waals surface area contributed by atoms with Crippen molar-refractivity contribution in [2.75, 3.05) is 37.6 Å². The van der Waals surface area contributed by atoms with E-state index in [1.165, 1.54) is 12.8 Å². The molecule has 2 saturated heterocycles. The molecule has 2 aromatic rings. The molecule has 2 aliphatic heterocycles. The molecule has 0 amide bonds. The molecule has 5 rings (SSSR count). The van der Waals surface area contributed by atoms with E-state index >= 15 is 0 Å². The molecule has 1 saturated carbocycles. The van der Waals surface area contributed by atoms with Crippen LogP contribution in [0.2, 0.25) is 5.02 Å². The number of hydrogen-bond donors (Lipinski definition) is 0. The first-order valence-corrected chi connectivity index (χ1v) is 12.6. The van der Waals surface area contributed by atoms with Gasteiger partial charge in [-0.25, -0.2) is 4.98 Å². The molecule has 2 atom stereocenters. The number of nitrogens with zero attached hydrogens (tertiary/aromatic N) is 4. The van der Waals surface area contributed by atoms with E-state index in [-0.39, 0.29) is 17.9 Å². The van der Waals surface area contributed by atoms with Crippen molar-refractivity contribution in [3.8, 4) is 5.88 Å². The lowest BCUT2D eigenvalue weighted by Crippen LogP contribution is -2.36. The van der Waals surface area contributed by atoms with E-state index in [9.17, 15) is 5.11 Å². The molecule has 1 aromatic heterocycles. The van der Waals surface area contributed by atoms with Crippen LogP contribution < -0.4 is 14.7 Å². The number of aliphatic imine (C=N–C) groups is 1. The molecular weight excluding hydrogens is 436 g/mol. The molecule has 1 aromatic carbocycles. The van der Waals surface area contributed by atoms with E-state index < -0.39 is 0 Å². The molecule has 0 spiro atoms. The second kappa shape index (κ2) is 10.3. The van der Waals surface area contributed by atoms with Crippen LogP contribution in [0, 0.1) is 5.92 Å². The third-order valence-electron chi connectivity index (χ3n) is 6.79. The van der Waals surface area contributed by atoms with Gasteiger partial charge in [0.2, 0.25) is 5.88 Å². The van der Waals surface area contributed by atoms with Crippen molar-refractivity contribution in [3.05, 3.63) is 53.2 Å². The maximum atomic E-state index is 13.2. The number of anilines is 1. The minimum atomic E-state index is -0.0470. The average molecular weight is 468 g/mol. The van der Waals surface area contributed by atoms with Crippen LogP contribution in [0.25, 0.3) is 0 Å². The zero-order valence-corrected chi connectivity index (χ0v) is 19.8. The lowest BCUT2D eigenvalue weighted by molar-refractivity contribution is -0.223. The van der Waals surface area contributed by atoms with E-state index in [1.807, 2.05) is 36.5 Å². The smallest absolute Gasteiger partial charge is 0.213 e. The van der Waals surface area contributed by atoms with Crippen LogP contribution in [0.3, 0.4) is 0 Å². The fourth-order valence-corrected chi connectivity index (χ4v) is 4.90. The SMILES string of the molecule is [O-]C(=NC(Cc1ccc(OC2CC2)nc1)CN1CCCC1)[C@@H]1CCN(c2ccc(Cl)cc2)C1. The number of ether oxygens (including phenoxy) is 1. The first-order valence-electron chi connectivity index (χ1n) is 12.2. The largest absolute Gasteiger partial charge is 0.862 e. The summed E-state index contributed by atoms with van der Waals surface area (Å²) in [5, 5.41) is 13.9. The number of aromatic nitrogens is 1. The maximum Gasteiger partial charge on any atom is 0.213 e. The van der Waals surface area contributed by atoms with Gasteiger partial charge in [-0.3, -0.25) is 0 Å². The average Bonchev–Trinajstić information content (AvgIpc) is 3.25. The molecule has 3 fully saturated rings. The summed E-state index contributed by atoms with van der Waals surface area (Å²) in [5.41, 5.74) is 2.22. The van der Waals surface area contributed by atoms with Crippen LogP contribution in [-0.2, 0) is 6.42 Å². The van der Waals surface area contributed by atoms with E-state index in [0.29, 0.717) is 12.0 Å². The molecule has 3 heterocycles. The Morgan fingerprint density at radius 1 is 1.09 bits per heavy atom. The molecule has 1 aliphatic carbocycles. The van der Waals surface area contributed by atoms with Gasteiger partial charge in [-0.1, -0.05) is 17.7 Å². The van der Waals surface area contributed by atoms with Crippen molar-refractivity contribution in [2.45, 2.75) is 50.7 Å². The van der Waals surface area contributed by atoms with Crippen molar-refractivity contribution in [1.29, 1.82) is 0 Å². The van der Waals surface area contributed by atoms with Gasteiger partial charge >= 0.3 is 0 Å². The zero-order valence-electron chi connectivity index (χ0n) is 19.0. The first kappa shape index (κ1) is 22.5. The lowest BCUT2D eigenvalue weighted by atomic mass is 10.1. The van der Waals surface area contributed by atoms with Crippen molar-refractivity contribution < 1.29 is 9.84 Å². The number of likely N-dealkylation sites (tertiary alicyclic amines) is 1. The number of pyridine rings is 1. The summed E-state index contributed by atoms with van der Waals surface area (Å²) >= 11 is 6.02. The van der Waals surface area contributed by atoms with Gasteiger partial charge in [-0.05, 0) is 87.3 Å². The Morgan fingerprint density at radius 3 is 2.58 bits per heavy atom. The predicted octanol–water partition coefficient (Wildman–Crippen LogP) is 3.57.